The highest BCUT2D eigenvalue weighted by Gasteiger charge is 2.43. The first-order valence-electron chi connectivity index (χ1n) is 7.91. The number of carbonyl (C=O) groups excluding carboxylic acids is 1. The molecule has 3 heterocycles. The summed E-state index contributed by atoms with van der Waals surface area (Å²) in [5.74, 6) is 0.536. The third-order valence-electron chi connectivity index (χ3n) is 4.57. The van der Waals surface area contributed by atoms with E-state index in [0.717, 1.165) is 32.7 Å². The van der Waals surface area contributed by atoms with E-state index in [1.165, 1.54) is 4.88 Å². The summed E-state index contributed by atoms with van der Waals surface area (Å²) in [6, 6.07) is 4.23. The van der Waals surface area contributed by atoms with Crippen molar-refractivity contribution in [1.82, 2.24) is 10.2 Å². The third-order valence-corrected chi connectivity index (χ3v) is 5.43. The molecular formula is C16H24N2O3S. The molecule has 3 rings (SSSR count). The molecule has 1 amide bonds. The fourth-order valence-corrected chi connectivity index (χ4v) is 4.24. The molecule has 6 heteroatoms. The Morgan fingerprint density at radius 1 is 1.55 bits per heavy atom. The van der Waals surface area contributed by atoms with E-state index in [2.05, 4.69) is 27.7 Å². The Bertz CT molecular complexity index is 480. The molecule has 0 spiro atoms. The minimum absolute atomic E-state index is 0.0260. The monoisotopic (exact) mass is 324 g/mol. The Kier molecular flexibility index (Phi) is 5.46. The summed E-state index contributed by atoms with van der Waals surface area (Å²) >= 11 is 1.77. The molecule has 1 aromatic rings. The fraction of sp³-hybridized carbons (Fsp3) is 0.688. The van der Waals surface area contributed by atoms with Gasteiger partial charge in [-0.2, -0.15) is 0 Å². The van der Waals surface area contributed by atoms with Gasteiger partial charge < -0.3 is 14.8 Å². The molecule has 0 radical (unpaired) electrons. The number of carbonyl (C=O) groups is 1. The average Bonchev–Trinajstić information content (AvgIpc) is 3.17. The number of amides is 1. The highest BCUT2D eigenvalue weighted by molar-refractivity contribution is 7.09. The second kappa shape index (κ2) is 7.55. The molecule has 2 aliphatic rings. The van der Waals surface area contributed by atoms with Gasteiger partial charge in [-0.15, -0.1) is 11.3 Å². The molecule has 5 nitrogen and oxygen atoms in total. The van der Waals surface area contributed by atoms with Crippen LogP contribution in [0.25, 0.3) is 0 Å². The standard InChI is InChI=1S/C16H24N2O3S/c1-20-7-5-17-16(19)14-10-18(9-12-3-2-8-22-12)11-15-13(14)4-6-21-15/h2-3,8,13-15H,4-7,9-11H2,1H3,(H,17,19)/t13-,14-,15+/m0/s1. The van der Waals surface area contributed by atoms with Crippen LogP contribution in [0.1, 0.15) is 11.3 Å². The lowest BCUT2D eigenvalue weighted by atomic mass is 9.82. The van der Waals surface area contributed by atoms with Gasteiger partial charge in [0, 0.05) is 50.7 Å². The third kappa shape index (κ3) is 3.68. The van der Waals surface area contributed by atoms with Crippen molar-refractivity contribution in [3.63, 3.8) is 0 Å². The van der Waals surface area contributed by atoms with Crippen LogP contribution in [-0.2, 0) is 20.8 Å². The van der Waals surface area contributed by atoms with Gasteiger partial charge in [-0.3, -0.25) is 9.69 Å². The number of methoxy groups -OCH3 is 1. The molecule has 22 heavy (non-hydrogen) atoms. The van der Waals surface area contributed by atoms with Crippen molar-refractivity contribution in [2.75, 3.05) is 40.0 Å². The van der Waals surface area contributed by atoms with Gasteiger partial charge in [0.15, 0.2) is 0 Å². The van der Waals surface area contributed by atoms with E-state index in [-0.39, 0.29) is 17.9 Å². The van der Waals surface area contributed by atoms with Crippen molar-refractivity contribution in [3.05, 3.63) is 22.4 Å². The number of thiophene rings is 1. The Hall–Kier alpha value is -0.950. The number of fused-ring (bicyclic) bond motifs is 1. The van der Waals surface area contributed by atoms with Gasteiger partial charge >= 0.3 is 0 Å². The first kappa shape index (κ1) is 15.9. The summed E-state index contributed by atoms with van der Waals surface area (Å²) in [7, 11) is 1.65. The summed E-state index contributed by atoms with van der Waals surface area (Å²) in [6.45, 7) is 4.58. The van der Waals surface area contributed by atoms with Crippen LogP contribution in [0.15, 0.2) is 17.5 Å². The average molecular weight is 324 g/mol. The zero-order chi connectivity index (χ0) is 15.4. The molecule has 2 aliphatic heterocycles. The lowest BCUT2D eigenvalue weighted by Crippen LogP contribution is -2.52. The Balaban J connectivity index is 1.63. The minimum Gasteiger partial charge on any atom is -0.383 e. The van der Waals surface area contributed by atoms with Crippen molar-refractivity contribution in [1.29, 1.82) is 0 Å². The quantitative estimate of drug-likeness (QED) is 0.803. The Morgan fingerprint density at radius 2 is 2.45 bits per heavy atom. The molecule has 2 fully saturated rings. The van der Waals surface area contributed by atoms with Crippen LogP contribution in [0.4, 0.5) is 0 Å². The Morgan fingerprint density at radius 3 is 3.23 bits per heavy atom. The molecule has 1 N–H and O–H groups in total. The van der Waals surface area contributed by atoms with Crippen LogP contribution in [0, 0.1) is 11.8 Å². The molecule has 0 aromatic carbocycles. The smallest absolute Gasteiger partial charge is 0.224 e. The molecule has 1 aromatic heterocycles. The SMILES string of the molecule is COCCNC(=O)[C@H]1CN(Cc2cccs2)C[C@H]2OCC[C@@H]12. The van der Waals surface area contributed by atoms with Gasteiger partial charge in [-0.25, -0.2) is 0 Å². The van der Waals surface area contributed by atoms with E-state index in [9.17, 15) is 4.79 Å². The molecular weight excluding hydrogens is 300 g/mol. The fourth-order valence-electron chi connectivity index (χ4n) is 3.49. The highest BCUT2D eigenvalue weighted by Crippen LogP contribution is 2.34. The number of nitrogens with one attached hydrogen (secondary N) is 1. The van der Waals surface area contributed by atoms with Crippen LogP contribution >= 0.6 is 11.3 Å². The molecule has 3 atom stereocenters. The van der Waals surface area contributed by atoms with Gasteiger partial charge in [0.1, 0.15) is 0 Å². The first-order chi connectivity index (χ1) is 10.8. The number of ether oxygens (including phenoxy) is 2. The zero-order valence-electron chi connectivity index (χ0n) is 13.0. The predicted molar refractivity (Wildman–Crippen MR) is 85.8 cm³/mol. The number of hydrogen-bond acceptors (Lipinski definition) is 5. The van der Waals surface area contributed by atoms with Crippen molar-refractivity contribution < 1.29 is 14.3 Å². The van der Waals surface area contributed by atoms with Crippen LogP contribution in [0.2, 0.25) is 0 Å². The number of nitrogens with zero attached hydrogens (tertiary/aromatic N) is 1. The van der Waals surface area contributed by atoms with Crippen LogP contribution < -0.4 is 5.32 Å². The van der Waals surface area contributed by atoms with Crippen molar-refractivity contribution in [2.45, 2.75) is 19.1 Å². The summed E-state index contributed by atoms with van der Waals surface area (Å²) < 4.78 is 10.9. The lowest BCUT2D eigenvalue weighted by molar-refractivity contribution is -0.131. The van der Waals surface area contributed by atoms with Gasteiger partial charge in [0.2, 0.25) is 5.91 Å². The molecule has 0 unspecified atom stereocenters. The number of hydrogen-bond donors (Lipinski definition) is 1. The number of piperidine rings is 1. The zero-order valence-corrected chi connectivity index (χ0v) is 13.8. The van der Waals surface area contributed by atoms with Gasteiger partial charge in [-0.1, -0.05) is 6.07 Å². The van der Waals surface area contributed by atoms with Crippen molar-refractivity contribution in [2.24, 2.45) is 11.8 Å². The van der Waals surface area contributed by atoms with Crippen LogP contribution in [0.3, 0.4) is 0 Å². The lowest BCUT2D eigenvalue weighted by Gasteiger charge is -2.39. The molecule has 0 saturated carbocycles. The summed E-state index contributed by atoms with van der Waals surface area (Å²) in [5, 5.41) is 5.10. The maximum absolute atomic E-state index is 12.5. The van der Waals surface area contributed by atoms with Crippen LogP contribution in [-0.4, -0.2) is 56.9 Å². The van der Waals surface area contributed by atoms with Crippen LogP contribution in [0.5, 0.6) is 0 Å². The number of rotatable bonds is 6. The molecule has 122 valence electrons. The number of likely N-dealkylation sites (tertiary alicyclic amines) is 1. The Labute approximate surface area is 135 Å². The van der Waals surface area contributed by atoms with E-state index in [0.29, 0.717) is 19.1 Å². The van der Waals surface area contributed by atoms with Gasteiger partial charge in [0.05, 0.1) is 18.6 Å². The van der Waals surface area contributed by atoms with E-state index >= 15 is 0 Å². The largest absolute Gasteiger partial charge is 0.383 e. The molecule has 0 bridgehead atoms. The second-order valence-electron chi connectivity index (χ2n) is 6.03. The summed E-state index contributed by atoms with van der Waals surface area (Å²) in [5.41, 5.74) is 0. The molecule has 2 saturated heterocycles. The molecule has 0 aliphatic carbocycles. The normalized spacial score (nSPS) is 28.5. The minimum atomic E-state index is 0.0260. The van der Waals surface area contributed by atoms with E-state index in [1.54, 1.807) is 18.4 Å². The topological polar surface area (TPSA) is 50.8 Å². The highest BCUT2D eigenvalue weighted by atomic mass is 32.1. The van der Waals surface area contributed by atoms with E-state index in [1.807, 2.05) is 0 Å². The predicted octanol–water partition coefficient (Wildman–Crippen LogP) is 1.35. The van der Waals surface area contributed by atoms with Crippen molar-refractivity contribution in [3.8, 4) is 0 Å². The van der Waals surface area contributed by atoms with Gasteiger partial charge in [-0.05, 0) is 17.9 Å². The van der Waals surface area contributed by atoms with Crippen molar-refractivity contribution >= 4 is 17.2 Å². The summed E-state index contributed by atoms with van der Waals surface area (Å²) in [6.07, 6.45) is 1.20. The maximum atomic E-state index is 12.5. The summed E-state index contributed by atoms with van der Waals surface area (Å²) in [4.78, 5) is 16.2. The van der Waals surface area contributed by atoms with E-state index < -0.39 is 0 Å². The first-order valence-corrected chi connectivity index (χ1v) is 8.79. The van der Waals surface area contributed by atoms with Gasteiger partial charge in [0.25, 0.3) is 0 Å². The van der Waals surface area contributed by atoms with E-state index in [4.69, 9.17) is 9.47 Å². The second-order valence-corrected chi connectivity index (χ2v) is 7.06. The maximum Gasteiger partial charge on any atom is 0.224 e.